The third-order valence-electron chi connectivity index (χ3n) is 9.53. The van der Waals surface area contributed by atoms with Gasteiger partial charge in [0.1, 0.15) is 11.3 Å². The van der Waals surface area contributed by atoms with E-state index in [4.69, 9.17) is 9.40 Å². The Labute approximate surface area is 324 Å². The van der Waals surface area contributed by atoms with Crippen molar-refractivity contribution in [3.63, 3.8) is 0 Å². The molecule has 2 aromatic carbocycles. The molecule has 0 atom stereocenters. The topological polar surface area (TPSA) is 54.2 Å². The van der Waals surface area contributed by atoms with Crippen molar-refractivity contribution in [2.45, 2.75) is 20.3 Å². The van der Waals surface area contributed by atoms with Crippen molar-refractivity contribution in [1.82, 2.24) is 20.2 Å². The van der Waals surface area contributed by atoms with Gasteiger partial charge < -0.3 is 14.6 Å². The van der Waals surface area contributed by atoms with Crippen LogP contribution in [0.25, 0.3) is 51.2 Å². The van der Waals surface area contributed by atoms with Gasteiger partial charge in [0.05, 0.1) is 17.1 Å². The summed E-state index contributed by atoms with van der Waals surface area (Å²) < 4.78 is 6.57. The number of allylic oxidation sites excluding steroid dienone is 13. The van der Waals surface area contributed by atoms with E-state index in [9.17, 15) is 0 Å². The van der Waals surface area contributed by atoms with Crippen molar-refractivity contribution in [2.24, 2.45) is 0 Å². The van der Waals surface area contributed by atoms with E-state index in [1.165, 1.54) is 0 Å². The predicted octanol–water partition coefficient (Wildman–Crippen LogP) is 11.8. The summed E-state index contributed by atoms with van der Waals surface area (Å²) in [6.07, 6.45) is 33.8. The highest BCUT2D eigenvalue weighted by Crippen LogP contribution is 2.36. The van der Waals surface area contributed by atoms with Crippen LogP contribution in [0.15, 0.2) is 197 Å². The Balaban J connectivity index is 1.30. The quantitative estimate of drug-likeness (QED) is 0.115. The number of benzene rings is 2. The molecule has 0 fully saturated rings. The van der Waals surface area contributed by atoms with Gasteiger partial charge in [-0.15, -0.1) is 0 Å². The number of hydrogen-bond acceptors (Lipinski definition) is 5. The summed E-state index contributed by atoms with van der Waals surface area (Å²) in [5.41, 5.74) is 16.6. The van der Waals surface area contributed by atoms with Crippen LogP contribution in [0.2, 0.25) is 0 Å². The minimum absolute atomic E-state index is 0.609. The molecule has 1 aliphatic carbocycles. The Kier molecular flexibility index (Phi) is 11.4. The molecule has 5 heteroatoms. The Morgan fingerprint density at radius 1 is 0.909 bits per heavy atom. The number of furan rings is 1. The van der Waals surface area contributed by atoms with Gasteiger partial charge in [0.15, 0.2) is 0 Å². The van der Waals surface area contributed by atoms with Gasteiger partial charge in [-0.05, 0) is 115 Å². The summed E-state index contributed by atoms with van der Waals surface area (Å²) in [4.78, 5) is 11.6. The maximum Gasteiger partial charge on any atom is 0.135 e. The Hall–Kier alpha value is -6.94. The van der Waals surface area contributed by atoms with Gasteiger partial charge in [-0.1, -0.05) is 91.2 Å². The lowest BCUT2D eigenvalue weighted by Crippen LogP contribution is -2.15. The average Bonchev–Trinajstić information content (AvgIpc) is 3.36. The molecular weight excluding hydrogens is 673 g/mol. The van der Waals surface area contributed by atoms with Crippen LogP contribution in [-0.4, -0.2) is 28.5 Å². The molecule has 55 heavy (non-hydrogen) atoms. The van der Waals surface area contributed by atoms with Gasteiger partial charge in [0.25, 0.3) is 0 Å². The maximum atomic E-state index is 6.57. The summed E-state index contributed by atoms with van der Waals surface area (Å²) in [5, 5.41) is 4.19. The normalized spacial score (nSPS) is 16.4. The zero-order valence-electron chi connectivity index (χ0n) is 31.5. The Morgan fingerprint density at radius 2 is 1.65 bits per heavy atom. The number of nitrogens with zero attached hydrogens (tertiary/aromatic N) is 3. The molecule has 0 unspecified atom stereocenters. The Morgan fingerprint density at radius 3 is 2.40 bits per heavy atom. The van der Waals surface area contributed by atoms with Crippen LogP contribution >= 0.6 is 0 Å². The zero-order chi connectivity index (χ0) is 38.0. The summed E-state index contributed by atoms with van der Waals surface area (Å²) in [6, 6.07) is 24.8. The SMILES string of the molecule is C=C1/C=C(c2ccccc2-c2ccccn2)\C=C/CN(/C=C/c2c(/C=C\C)oc3cc(C/C=C\C=C(\C)NC)c(-c4ccccn4)cc23)C2=C=C1C=CC=C2. The van der Waals surface area contributed by atoms with Crippen LogP contribution in [0.4, 0.5) is 0 Å². The predicted molar refractivity (Wildman–Crippen MR) is 230 cm³/mol. The van der Waals surface area contributed by atoms with Gasteiger partial charge in [0, 0.05) is 65.5 Å². The monoisotopic (exact) mass is 716 g/mol. The molecule has 0 radical (unpaired) electrons. The fourth-order valence-electron chi connectivity index (χ4n) is 6.62. The fraction of sp³-hybridized carbons (Fsp3) is 0.100. The van der Waals surface area contributed by atoms with E-state index in [0.717, 1.165) is 90.5 Å². The second kappa shape index (κ2) is 17.3. The third-order valence-corrected chi connectivity index (χ3v) is 9.53. The molecule has 0 saturated carbocycles. The smallest absolute Gasteiger partial charge is 0.135 e. The summed E-state index contributed by atoms with van der Waals surface area (Å²) in [7, 11) is 1.93. The minimum Gasteiger partial charge on any atom is -0.456 e. The molecule has 0 saturated heterocycles. The van der Waals surface area contributed by atoms with E-state index in [1.807, 2.05) is 81.8 Å². The fourth-order valence-corrected chi connectivity index (χ4v) is 6.62. The molecule has 4 heterocycles. The van der Waals surface area contributed by atoms with E-state index in [0.29, 0.717) is 6.54 Å². The standard InChI is InChI=1S/C50H44N4O/c1-5-17-49-44(46-35-45(48-26-13-15-29-53-48)40(34-50(46)55-49)20-7-6-18-37(3)51-4)27-31-54-30-16-21-39(32-36(2)38-19-8-9-22-41(54)33-38)42-23-10-11-24-43(42)47-25-12-14-28-52-47/h5-19,21-29,31-32,34-35,51H,2,20,30H2,1,3-4H3/b7-6-,17-5-,21-16-,31-27+,37-18-,39-32+. The lowest BCUT2D eigenvalue weighted by atomic mass is 9.93. The molecule has 7 rings (SSSR count). The molecule has 5 nitrogen and oxygen atoms in total. The van der Waals surface area contributed by atoms with E-state index in [-0.39, 0.29) is 0 Å². The molecule has 1 aliphatic heterocycles. The van der Waals surface area contributed by atoms with E-state index in [2.05, 4.69) is 137 Å². The van der Waals surface area contributed by atoms with E-state index < -0.39 is 0 Å². The molecule has 5 aromatic rings. The highest BCUT2D eigenvalue weighted by molar-refractivity contribution is 5.95. The molecule has 2 aliphatic rings. The van der Waals surface area contributed by atoms with Crippen LogP contribution in [0.5, 0.6) is 0 Å². The van der Waals surface area contributed by atoms with Gasteiger partial charge in [-0.3, -0.25) is 9.97 Å². The number of aromatic nitrogens is 2. The summed E-state index contributed by atoms with van der Waals surface area (Å²) >= 11 is 0. The van der Waals surface area contributed by atoms with Gasteiger partial charge in [-0.25, -0.2) is 0 Å². The average molecular weight is 717 g/mol. The largest absolute Gasteiger partial charge is 0.456 e. The van der Waals surface area contributed by atoms with Crippen LogP contribution in [-0.2, 0) is 6.42 Å². The van der Waals surface area contributed by atoms with E-state index in [1.54, 1.807) is 0 Å². The van der Waals surface area contributed by atoms with Crippen LogP contribution in [0.1, 0.15) is 36.3 Å². The van der Waals surface area contributed by atoms with Crippen molar-refractivity contribution in [1.29, 1.82) is 0 Å². The summed E-state index contributed by atoms with van der Waals surface area (Å²) in [5.74, 6) is 0.797. The van der Waals surface area contributed by atoms with Gasteiger partial charge in [0.2, 0.25) is 0 Å². The van der Waals surface area contributed by atoms with Crippen molar-refractivity contribution in [3.05, 3.63) is 216 Å². The minimum atomic E-state index is 0.609. The lowest BCUT2D eigenvalue weighted by molar-refractivity contribution is 0.537. The molecule has 2 bridgehead atoms. The van der Waals surface area contributed by atoms with Crippen molar-refractivity contribution >= 4 is 28.7 Å². The number of rotatable bonds is 10. The lowest BCUT2D eigenvalue weighted by Gasteiger charge is -2.20. The van der Waals surface area contributed by atoms with Crippen LogP contribution in [0.3, 0.4) is 0 Å². The van der Waals surface area contributed by atoms with E-state index >= 15 is 0 Å². The third kappa shape index (κ3) is 8.49. The highest BCUT2D eigenvalue weighted by Gasteiger charge is 2.17. The Bertz CT molecular complexity index is 2530. The maximum absolute atomic E-state index is 6.57. The second-order valence-electron chi connectivity index (χ2n) is 13.2. The molecular formula is C50H44N4O. The van der Waals surface area contributed by atoms with Crippen molar-refractivity contribution < 1.29 is 4.42 Å². The second-order valence-corrected chi connectivity index (χ2v) is 13.2. The molecule has 3 aromatic heterocycles. The molecule has 270 valence electrons. The first kappa shape index (κ1) is 36.4. The van der Waals surface area contributed by atoms with Crippen LogP contribution < -0.4 is 5.32 Å². The first-order chi connectivity index (χ1) is 27.0. The van der Waals surface area contributed by atoms with Gasteiger partial charge >= 0.3 is 0 Å². The number of nitrogens with one attached hydrogen (secondary N) is 1. The number of hydrogen-bond donors (Lipinski definition) is 1. The zero-order valence-corrected chi connectivity index (χ0v) is 31.5. The first-order valence-electron chi connectivity index (χ1n) is 18.6. The molecule has 0 spiro atoms. The van der Waals surface area contributed by atoms with Gasteiger partial charge in [-0.2, -0.15) is 0 Å². The van der Waals surface area contributed by atoms with Crippen molar-refractivity contribution in [2.75, 3.05) is 13.6 Å². The molecule has 1 N–H and O–H groups in total. The molecule has 0 amide bonds. The number of pyridine rings is 2. The van der Waals surface area contributed by atoms with Crippen LogP contribution in [0, 0.1) is 0 Å². The first-order valence-corrected chi connectivity index (χ1v) is 18.6. The van der Waals surface area contributed by atoms with Crippen molar-refractivity contribution in [3.8, 4) is 22.5 Å². The number of fused-ring (bicyclic) bond motifs is 1. The summed E-state index contributed by atoms with van der Waals surface area (Å²) in [6.45, 7) is 9.16. The highest BCUT2D eigenvalue weighted by atomic mass is 16.3.